The molecule has 0 aliphatic heterocycles. The highest BCUT2D eigenvalue weighted by molar-refractivity contribution is 5.62. The summed E-state index contributed by atoms with van der Waals surface area (Å²) < 4.78 is 0. The molecule has 0 bridgehead atoms. The van der Waals surface area contributed by atoms with Crippen LogP contribution in [0.2, 0.25) is 0 Å². The van der Waals surface area contributed by atoms with Crippen LogP contribution in [0.15, 0.2) is 12.3 Å². The molecule has 1 aliphatic carbocycles. The number of hydrogen-bond donors (Lipinski definition) is 2. The SMILES string of the molecule is Cc1cnc(NC2CCCC(C)C2)c(N)c1. The third kappa shape index (κ3) is 2.65. The Bertz CT molecular complexity index is 362. The summed E-state index contributed by atoms with van der Waals surface area (Å²) in [6, 6.07) is 2.52. The summed E-state index contributed by atoms with van der Waals surface area (Å²) in [5, 5.41) is 3.47. The first-order chi connectivity index (χ1) is 7.65. The van der Waals surface area contributed by atoms with Crippen LogP contribution in [0.5, 0.6) is 0 Å². The number of nitrogen functional groups attached to an aromatic ring is 1. The summed E-state index contributed by atoms with van der Waals surface area (Å²) in [5.41, 5.74) is 7.82. The van der Waals surface area contributed by atoms with Gasteiger partial charge in [-0.3, -0.25) is 0 Å². The van der Waals surface area contributed by atoms with E-state index in [0.717, 1.165) is 23.0 Å². The Morgan fingerprint density at radius 1 is 1.44 bits per heavy atom. The second-order valence-corrected chi connectivity index (χ2v) is 5.06. The fraction of sp³-hybridized carbons (Fsp3) is 0.615. The predicted molar refractivity (Wildman–Crippen MR) is 68.4 cm³/mol. The minimum atomic E-state index is 0.543. The molecule has 2 unspecified atom stereocenters. The molecule has 1 aliphatic rings. The number of pyridine rings is 1. The van der Waals surface area contributed by atoms with Gasteiger partial charge in [-0.05, 0) is 37.3 Å². The van der Waals surface area contributed by atoms with Crippen molar-refractivity contribution in [2.45, 2.75) is 45.6 Å². The van der Waals surface area contributed by atoms with Crippen LogP contribution in [0.3, 0.4) is 0 Å². The number of aryl methyl sites for hydroxylation is 1. The van der Waals surface area contributed by atoms with Crippen LogP contribution in [0.1, 0.15) is 38.2 Å². The maximum absolute atomic E-state index is 5.95. The van der Waals surface area contributed by atoms with Crippen LogP contribution in [-0.4, -0.2) is 11.0 Å². The van der Waals surface area contributed by atoms with Gasteiger partial charge in [-0.15, -0.1) is 0 Å². The van der Waals surface area contributed by atoms with Gasteiger partial charge in [0.2, 0.25) is 0 Å². The van der Waals surface area contributed by atoms with Crippen molar-refractivity contribution in [3.63, 3.8) is 0 Å². The molecule has 0 radical (unpaired) electrons. The predicted octanol–water partition coefficient (Wildman–Crippen LogP) is 2.96. The van der Waals surface area contributed by atoms with Gasteiger partial charge in [0.25, 0.3) is 0 Å². The molecule has 3 N–H and O–H groups in total. The molecular formula is C13H21N3. The van der Waals surface area contributed by atoms with E-state index in [9.17, 15) is 0 Å². The molecular weight excluding hydrogens is 198 g/mol. The van der Waals surface area contributed by atoms with E-state index in [1.54, 1.807) is 0 Å². The van der Waals surface area contributed by atoms with E-state index in [-0.39, 0.29) is 0 Å². The first-order valence-electron chi connectivity index (χ1n) is 6.14. The molecule has 2 rings (SSSR count). The second kappa shape index (κ2) is 4.73. The molecule has 16 heavy (non-hydrogen) atoms. The van der Waals surface area contributed by atoms with E-state index in [4.69, 9.17) is 5.73 Å². The highest BCUT2D eigenvalue weighted by Gasteiger charge is 2.19. The van der Waals surface area contributed by atoms with E-state index < -0.39 is 0 Å². The van der Waals surface area contributed by atoms with Gasteiger partial charge in [0, 0.05) is 12.2 Å². The molecule has 0 amide bonds. The molecule has 1 heterocycles. The fourth-order valence-electron chi connectivity index (χ4n) is 2.47. The van der Waals surface area contributed by atoms with E-state index in [0.29, 0.717) is 6.04 Å². The number of nitrogens with two attached hydrogens (primary N) is 1. The number of aromatic nitrogens is 1. The monoisotopic (exact) mass is 219 g/mol. The van der Waals surface area contributed by atoms with Crippen molar-refractivity contribution in [3.8, 4) is 0 Å². The third-order valence-electron chi connectivity index (χ3n) is 3.33. The molecule has 0 aromatic carbocycles. The third-order valence-corrected chi connectivity index (χ3v) is 3.33. The van der Waals surface area contributed by atoms with E-state index in [1.807, 2.05) is 19.2 Å². The number of nitrogens with one attached hydrogen (secondary N) is 1. The lowest BCUT2D eigenvalue weighted by Crippen LogP contribution is -2.27. The van der Waals surface area contributed by atoms with E-state index in [1.165, 1.54) is 25.7 Å². The van der Waals surface area contributed by atoms with Crippen LogP contribution >= 0.6 is 0 Å². The van der Waals surface area contributed by atoms with Gasteiger partial charge in [-0.25, -0.2) is 4.98 Å². The van der Waals surface area contributed by atoms with Gasteiger partial charge in [-0.1, -0.05) is 19.8 Å². The highest BCUT2D eigenvalue weighted by atomic mass is 15.0. The van der Waals surface area contributed by atoms with Crippen LogP contribution in [0.4, 0.5) is 11.5 Å². The average molecular weight is 219 g/mol. The summed E-state index contributed by atoms with van der Waals surface area (Å²) in [4.78, 5) is 4.36. The first kappa shape index (κ1) is 11.2. The van der Waals surface area contributed by atoms with Crippen LogP contribution in [-0.2, 0) is 0 Å². The Morgan fingerprint density at radius 3 is 2.94 bits per heavy atom. The van der Waals surface area contributed by atoms with Crippen molar-refractivity contribution < 1.29 is 0 Å². The number of hydrogen-bond acceptors (Lipinski definition) is 3. The van der Waals surface area contributed by atoms with Crippen molar-refractivity contribution in [1.29, 1.82) is 0 Å². The zero-order valence-electron chi connectivity index (χ0n) is 10.2. The van der Waals surface area contributed by atoms with Crippen molar-refractivity contribution in [3.05, 3.63) is 17.8 Å². The molecule has 88 valence electrons. The van der Waals surface area contributed by atoms with Crippen molar-refractivity contribution in [2.75, 3.05) is 11.1 Å². The second-order valence-electron chi connectivity index (χ2n) is 5.06. The van der Waals surface area contributed by atoms with E-state index in [2.05, 4.69) is 17.2 Å². The van der Waals surface area contributed by atoms with Crippen molar-refractivity contribution in [1.82, 2.24) is 4.98 Å². The lowest BCUT2D eigenvalue weighted by molar-refractivity contribution is 0.358. The molecule has 1 fully saturated rings. The largest absolute Gasteiger partial charge is 0.396 e. The normalized spacial score (nSPS) is 25.4. The van der Waals surface area contributed by atoms with Crippen LogP contribution in [0, 0.1) is 12.8 Å². The van der Waals surface area contributed by atoms with Gasteiger partial charge >= 0.3 is 0 Å². The maximum atomic E-state index is 5.95. The Balaban J connectivity index is 2.02. The summed E-state index contributed by atoms with van der Waals surface area (Å²) in [7, 11) is 0. The van der Waals surface area contributed by atoms with Crippen molar-refractivity contribution >= 4 is 11.5 Å². The summed E-state index contributed by atoms with van der Waals surface area (Å²) in [6.45, 7) is 4.33. The summed E-state index contributed by atoms with van der Waals surface area (Å²) >= 11 is 0. The van der Waals surface area contributed by atoms with Gasteiger partial charge in [-0.2, -0.15) is 0 Å². The van der Waals surface area contributed by atoms with Gasteiger partial charge in [0.1, 0.15) is 5.82 Å². The molecule has 1 aromatic heterocycles. The smallest absolute Gasteiger partial charge is 0.149 e. The van der Waals surface area contributed by atoms with Gasteiger partial charge < -0.3 is 11.1 Å². The Labute approximate surface area is 97.5 Å². The minimum Gasteiger partial charge on any atom is -0.396 e. The van der Waals surface area contributed by atoms with Crippen molar-refractivity contribution in [2.24, 2.45) is 5.92 Å². The van der Waals surface area contributed by atoms with Crippen LogP contribution in [0.25, 0.3) is 0 Å². The lowest BCUT2D eigenvalue weighted by atomic mass is 9.87. The Morgan fingerprint density at radius 2 is 2.25 bits per heavy atom. The van der Waals surface area contributed by atoms with Gasteiger partial charge in [0.05, 0.1) is 5.69 Å². The topological polar surface area (TPSA) is 50.9 Å². The first-order valence-corrected chi connectivity index (χ1v) is 6.14. The molecule has 1 aromatic rings. The summed E-state index contributed by atoms with van der Waals surface area (Å²) in [5.74, 6) is 1.67. The Kier molecular flexibility index (Phi) is 3.32. The van der Waals surface area contributed by atoms with E-state index >= 15 is 0 Å². The number of anilines is 2. The fourth-order valence-corrected chi connectivity index (χ4v) is 2.47. The molecule has 3 nitrogen and oxygen atoms in total. The average Bonchev–Trinajstić information content (AvgIpc) is 2.22. The summed E-state index contributed by atoms with van der Waals surface area (Å²) in [6.07, 6.45) is 7.00. The zero-order valence-corrected chi connectivity index (χ0v) is 10.2. The zero-order chi connectivity index (χ0) is 11.5. The number of nitrogens with zero attached hydrogens (tertiary/aromatic N) is 1. The molecule has 2 atom stereocenters. The molecule has 0 spiro atoms. The molecule has 1 saturated carbocycles. The standard InChI is InChI=1S/C13H21N3/c1-9-4-3-5-11(6-9)16-13-12(14)7-10(2)8-15-13/h7-9,11H,3-6,14H2,1-2H3,(H,15,16). The minimum absolute atomic E-state index is 0.543. The highest BCUT2D eigenvalue weighted by Crippen LogP contribution is 2.27. The van der Waals surface area contributed by atoms with Crippen LogP contribution < -0.4 is 11.1 Å². The Hall–Kier alpha value is -1.25. The molecule has 3 heteroatoms. The lowest BCUT2D eigenvalue weighted by Gasteiger charge is -2.28. The maximum Gasteiger partial charge on any atom is 0.149 e. The van der Waals surface area contributed by atoms with Gasteiger partial charge in [0.15, 0.2) is 0 Å². The number of rotatable bonds is 2. The quantitative estimate of drug-likeness (QED) is 0.804. The molecule has 0 saturated heterocycles.